The first kappa shape index (κ1) is 19.6. The molecule has 5 nitrogen and oxygen atoms in total. The maximum Gasteiger partial charge on any atom is 0.266 e. The molecule has 2 heterocycles. The van der Waals surface area contributed by atoms with Crippen LogP contribution in [0.1, 0.15) is 19.8 Å². The number of aromatic nitrogens is 2. The van der Waals surface area contributed by atoms with Crippen molar-refractivity contribution in [1.82, 2.24) is 14.5 Å². The van der Waals surface area contributed by atoms with Crippen LogP contribution in [-0.2, 0) is 4.79 Å². The Hall–Kier alpha value is -2.67. The van der Waals surface area contributed by atoms with Crippen LogP contribution in [-0.4, -0.2) is 39.2 Å². The molecule has 0 saturated carbocycles. The second-order valence-electron chi connectivity index (χ2n) is 7.40. The van der Waals surface area contributed by atoms with Gasteiger partial charge in [0.25, 0.3) is 5.56 Å². The summed E-state index contributed by atoms with van der Waals surface area (Å²) >= 11 is 1.24. The predicted octanol–water partition coefficient (Wildman–Crippen LogP) is 3.88. The molecule has 0 radical (unpaired) electrons. The van der Waals surface area contributed by atoms with Gasteiger partial charge in [0.1, 0.15) is 5.82 Å². The number of fused-ring (bicyclic) bond motifs is 1. The molecule has 1 amide bonds. The maximum atomic E-state index is 13.4. The Kier molecular flexibility index (Phi) is 5.67. The Morgan fingerprint density at radius 1 is 1.21 bits per heavy atom. The molecular formula is C22H22FN3O2S. The second-order valence-corrected chi connectivity index (χ2v) is 8.35. The van der Waals surface area contributed by atoms with Gasteiger partial charge in [-0.15, -0.1) is 0 Å². The van der Waals surface area contributed by atoms with Gasteiger partial charge in [-0.3, -0.25) is 14.2 Å². The lowest BCUT2D eigenvalue weighted by atomic mass is 10.0. The molecule has 4 rings (SSSR count). The molecule has 0 N–H and O–H groups in total. The van der Waals surface area contributed by atoms with E-state index < -0.39 is 0 Å². The van der Waals surface area contributed by atoms with Gasteiger partial charge in [-0.1, -0.05) is 30.8 Å². The monoisotopic (exact) mass is 411 g/mol. The minimum Gasteiger partial charge on any atom is -0.342 e. The quantitative estimate of drug-likeness (QED) is 0.483. The zero-order valence-electron chi connectivity index (χ0n) is 16.2. The normalized spacial score (nSPS) is 16.9. The Labute approximate surface area is 172 Å². The van der Waals surface area contributed by atoms with Gasteiger partial charge in [-0.25, -0.2) is 9.37 Å². The van der Waals surface area contributed by atoms with Gasteiger partial charge in [0.2, 0.25) is 5.91 Å². The van der Waals surface area contributed by atoms with Crippen LogP contribution in [0.2, 0.25) is 0 Å². The van der Waals surface area contributed by atoms with Crippen molar-refractivity contribution in [3.63, 3.8) is 0 Å². The summed E-state index contributed by atoms with van der Waals surface area (Å²) in [4.78, 5) is 32.4. The minimum atomic E-state index is -0.376. The largest absolute Gasteiger partial charge is 0.342 e. The fourth-order valence-corrected chi connectivity index (χ4v) is 4.58. The van der Waals surface area contributed by atoms with Crippen molar-refractivity contribution in [2.24, 2.45) is 5.92 Å². The van der Waals surface area contributed by atoms with E-state index in [4.69, 9.17) is 0 Å². The summed E-state index contributed by atoms with van der Waals surface area (Å²) in [5.41, 5.74) is 0.873. The number of carbonyl (C=O) groups is 1. The third-order valence-electron chi connectivity index (χ3n) is 5.16. The standard InChI is InChI=1S/C22H22FN3O2S/c1-15-5-4-12-25(13-15)20(27)14-29-22-24-19-7-3-2-6-18(19)21(28)26(22)17-10-8-16(23)9-11-17/h2-3,6-11,15H,4-5,12-14H2,1H3. The van der Waals surface area contributed by atoms with Crippen LogP contribution >= 0.6 is 11.8 Å². The van der Waals surface area contributed by atoms with Gasteiger partial charge in [0.05, 0.1) is 22.3 Å². The molecule has 0 aliphatic carbocycles. The van der Waals surface area contributed by atoms with E-state index in [1.54, 1.807) is 30.3 Å². The summed E-state index contributed by atoms with van der Waals surface area (Å²) < 4.78 is 14.8. The number of hydrogen-bond acceptors (Lipinski definition) is 4. The molecule has 2 aromatic carbocycles. The SMILES string of the molecule is CC1CCCN(C(=O)CSc2nc3ccccc3c(=O)n2-c2ccc(F)cc2)C1. The fraction of sp³-hybridized carbons (Fsp3) is 0.318. The van der Waals surface area contributed by atoms with E-state index >= 15 is 0 Å². The number of amides is 1. The Morgan fingerprint density at radius 3 is 2.72 bits per heavy atom. The Morgan fingerprint density at radius 2 is 1.97 bits per heavy atom. The molecule has 1 fully saturated rings. The van der Waals surface area contributed by atoms with E-state index in [1.807, 2.05) is 11.0 Å². The van der Waals surface area contributed by atoms with E-state index in [2.05, 4.69) is 11.9 Å². The van der Waals surface area contributed by atoms with Crippen LogP contribution < -0.4 is 5.56 Å². The van der Waals surface area contributed by atoms with Gasteiger partial charge >= 0.3 is 0 Å². The zero-order chi connectivity index (χ0) is 20.4. The van der Waals surface area contributed by atoms with Crippen LogP contribution in [0.4, 0.5) is 4.39 Å². The van der Waals surface area contributed by atoms with Crippen LogP contribution in [0.25, 0.3) is 16.6 Å². The number of para-hydroxylation sites is 1. The highest BCUT2D eigenvalue weighted by molar-refractivity contribution is 7.99. The van der Waals surface area contributed by atoms with Crippen LogP contribution in [0.5, 0.6) is 0 Å². The van der Waals surface area contributed by atoms with Crippen LogP contribution in [0.15, 0.2) is 58.5 Å². The number of hydrogen-bond donors (Lipinski definition) is 0. The average molecular weight is 412 g/mol. The van der Waals surface area contributed by atoms with Crippen molar-refractivity contribution >= 4 is 28.6 Å². The maximum absolute atomic E-state index is 13.4. The number of piperidine rings is 1. The van der Waals surface area contributed by atoms with Gasteiger partial charge < -0.3 is 4.90 Å². The number of rotatable bonds is 4. The number of benzene rings is 2. The van der Waals surface area contributed by atoms with Crippen LogP contribution in [0, 0.1) is 11.7 Å². The van der Waals surface area contributed by atoms with E-state index in [1.165, 1.54) is 28.5 Å². The van der Waals surface area contributed by atoms with E-state index in [-0.39, 0.29) is 23.0 Å². The van der Waals surface area contributed by atoms with E-state index in [9.17, 15) is 14.0 Å². The molecule has 0 bridgehead atoms. The topological polar surface area (TPSA) is 55.2 Å². The second kappa shape index (κ2) is 8.37. The van der Waals surface area contributed by atoms with Crippen molar-refractivity contribution < 1.29 is 9.18 Å². The average Bonchev–Trinajstić information content (AvgIpc) is 2.73. The summed E-state index contributed by atoms with van der Waals surface area (Å²) in [5, 5.41) is 0.913. The van der Waals surface area contributed by atoms with Crippen LogP contribution in [0.3, 0.4) is 0 Å². The fourth-order valence-electron chi connectivity index (χ4n) is 3.66. The summed E-state index contributed by atoms with van der Waals surface area (Å²) in [6.07, 6.45) is 2.17. The molecule has 1 atom stereocenters. The van der Waals surface area contributed by atoms with Crippen molar-refractivity contribution in [2.75, 3.05) is 18.8 Å². The molecule has 0 spiro atoms. The van der Waals surface area contributed by atoms with E-state index in [0.29, 0.717) is 27.7 Å². The molecule has 1 unspecified atom stereocenters. The number of halogens is 1. The number of nitrogens with zero attached hydrogens (tertiary/aromatic N) is 3. The number of likely N-dealkylation sites (tertiary alicyclic amines) is 1. The lowest BCUT2D eigenvalue weighted by Gasteiger charge is -2.30. The molecule has 150 valence electrons. The minimum absolute atomic E-state index is 0.0506. The molecule has 29 heavy (non-hydrogen) atoms. The lowest BCUT2D eigenvalue weighted by Crippen LogP contribution is -2.40. The van der Waals surface area contributed by atoms with Crippen molar-refractivity contribution in [2.45, 2.75) is 24.9 Å². The van der Waals surface area contributed by atoms with Crippen molar-refractivity contribution in [3.05, 3.63) is 64.7 Å². The molecule has 3 aromatic rings. The molecule has 1 saturated heterocycles. The van der Waals surface area contributed by atoms with Gasteiger partial charge in [-0.2, -0.15) is 0 Å². The third-order valence-corrected chi connectivity index (χ3v) is 6.09. The summed E-state index contributed by atoms with van der Waals surface area (Å²) in [6.45, 7) is 3.71. The molecule has 1 aromatic heterocycles. The Balaban J connectivity index is 1.69. The summed E-state index contributed by atoms with van der Waals surface area (Å²) in [6, 6.07) is 12.8. The van der Waals surface area contributed by atoms with Crippen molar-refractivity contribution in [1.29, 1.82) is 0 Å². The highest BCUT2D eigenvalue weighted by Gasteiger charge is 2.22. The first-order valence-electron chi connectivity index (χ1n) is 9.71. The highest BCUT2D eigenvalue weighted by atomic mass is 32.2. The summed E-state index contributed by atoms with van der Waals surface area (Å²) in [5.74, 6) is 0.390. The van der Waals surface area contributed by atoms with Gasteiger partial charge in [0, 0.05) is 13.1 Å². The molecule has 7 heteroatoms. The first-order chi connectivity index (χ1) is 14.0. The Bertz CT molecular complexity index is 1100. The summed E-state index contributed by atoms with van der Waals surface area (Å²) in [7, 11) is 0. The van der Waals surface area contributed by atoms with Gasteiger partial charge in [0.15, 0.2) is 5.16 Å². The molecular weight excluding hydrogens is 389 g/mol. The third kappa shape index (κ3) is 4.19. The number of carbonyl (C=O) groups excluding carboxylic acids is 1. The molecule has 1 aliphatic heterocycles. The van der Waals surface area contributed by atoms with Crippen molar-refractivity contribution in [3.8, 4) is 5.69 Å². The highest BCUT2D eigenvalue weighted by Crippen LogP contribution is 2.23. The zero-order valence-corrected chi connectivity index (χ0v) is 17.0. The number of thioether (sulfide) groups is 1. The lowest BCUT2D eigenvalue weighted by molar-refractivity contribution is -0.130. The smallest absolute Gasteiger partial charge is 0.266 e. The molecule has 1 aliphatic rings. The predicted molar refractivity (Wildman–Crippen MR) is 113 cm³/mol. The first-order valence-corrected chi connectivity index (χ1v) is 10.7. The van der Waals surface area contributed by atoms with Gasteiger partial charge in [-0.05, 0) is 55.2 Å². The van der Waals surface area contributed by atoms with E-state index in [0.717, 1.165) is 25.9 Å².